The molecule has 0 bridgehead atoms. The molecule has 0 aromatic carbocycles. The third-order valence-electron chi connectivity index (χ3n) is 0.985. The maximum atomic E-state index is 11.0. The lowest BCUT2D eigenvalue weighted by atomic mass is 10.7. The number of nitrogens with one attached hydrogen (secondary N) is 1. The first-order chi connectivity index (χ1) is 5.17. The molecule has 0 unspecified atom stereocenters. The van der Waals surface area contributed by atoms with Crippen molar-refractivity contribution in [2.24, 2.45) is 0 Å². The van der Waals surface area contributed by atoms with E-state index in [1.807, 2.05) is 0 Å². The van der Waals surface area contributed by atoms with E-state index in [1.54, 1.807) is 10.1 Å². The zero-order chi connectivity index (χ0) is 8.32. The second kappa shape index (κ2) is 2.90. The van der Waals surface area contributed by atoms with Gasteiger partial charge in [-0.1, -0.05) is 0 Å². The molecule has 0 radical (unpaired) electrons. The molecule has 6 heteroatoms. The Morgan fingerprint density at radius 2 is 2.36 bits per heavy atom. The minimum atomic E-state index is -3.57. The lowest BCUT2D eigenvalue weighted by Gasteiger charge is -1.94. The van der Waals surface area contributed by atoms with Crippen LogP contribution in [0, 0.1) is 11.5 Å². The van der Waals surface area contributed by atoms with Crippen molar-refractivity contribution >= 4 is 21.4 Å². The molecule has 0 aliphatic rings. The summed E-state index contributed by atoms with van der Waals surface area (Å²) in [6.45, 7) is 0. The van der Waals surface area contributed by atoms with Gasteiger partial charge in [-0.3, -0.25) is 0 Å². The highest BCUT2D eigenvalue weighted by Crippen LogP contribution is 2.11. The van der Waals surface area contributed by atoms with Crippen LogP contribution in [-0.4, -0.2) is 8.42 Å². The van der Waals surface area contributed by atoms with Crippen LogP contribution in [0.15, 0.2) is 21.7 Å². The van der Waals surface area contributed by atoms with Crippen molar-refractivity contribution in [3.05, 3.63) is 16.8 Å². The largest absolute Gasteiger partial charge is 0.270 e. The van der Waals surface area contributed by atoms with Gasteiger partial charge in [-0.25, -0.2) is 13.1 Å². The molecular formula is C5H4N2O2S2. The molecule has 11 heavy (non-hydrogen) atoms. The summed E-state index contributed by atoms with van der Waals surface area (Å²) in [5, 5.41) is 11.2. The fraction of sp³-hybridized carbons (Fsp3) is 0. The number of hydrogen-bond acceptors (Lipinski definition) is 4. The lowest BCUT2D eigenvalue weighted by molar-refractivity contribution is 0.592. The Morgan fingerprint density at radius 3 is 2.82 bits per heavy atom. The van der Waals surface area contributed by atoms with Crippen molar-refractivity contribution in [1.29, 1.82) is 5.26 Å². The predicted molar refractivity (Wildman–Crippen MR) is 40.3 cm³/mol. The number of nitrogens with zero attached hydrogens (tertiary/aromatic N) is 1. The monoisotopic (exact) mass is 188 g/mol. The molecule has 0 fully saturated rings. The third-order valence-corrected chi connectivity index (χ3v) is 3.05. The van der Waals surface area contributed by atoms with Crippen molar-refractivity contribution in [3.8, 4) is 6.19 Å². The van der Waals surface area contributed by atoms with E-state index in [-0.39, 0.29) is 4.90 Å². The van der Waals surface area contributed by atoms with Gasteiger partial charge >= 0.3 is 0 Å². The second-order valence-corrected chi connectivity index (χ2v) is 4.14. The minimum absolute atomic E-state index is 0.129. The molecule has 58 valence electrons. The average molecular weight is 188 g/mol. The predicted octanol–water partition coefficient (Wildman–Crippen LogP) is 0.507. The Hall–Kier alpha value is -1.06. The van der Waals surface area contributed by atoms with Crippen LogP contribution in [0.5, 0.6) is 0 Å². The highest BCUT2D eigenvalue weighted by molar-refractivity contribution is 7.89. The Kier molecular flexibility index (Phi) is 2.12. The molecular weight excluding hydrogens is 184 g/mol. The smallest absolute Gasteiger partial charge is 0.215 e. The molecule has 1 aromatic rings. The maximum Gasteiger partial charge on any atom is 0.270 e. The summed E-state index contributed by atoms with van der Waals surface area (Å²) in [6.07, 6.45) is 1.36. The Bertz CT molecular complexity index is 360. The number of thiophene rings is 1. The zero-order valence-electron chi connectivity index (χ0n) is 5.31. The van der Waals surface area contributed by atoms with Crippen LogP contribution in [0.4, 0.5) is 0 Å². The fourth-order valence-electron chi connectivity index (χ4n) is 0.524. The summed E-state index contributed by atoms with van der Waals surface area (Å²) in [5.74, 6) is 0. The fourth-order valence-corrected chi connectivity index (χ4v) is 2.29. The van der Waals surface area contributed by atoms with E-state index in [0.29, 0.717) is 0 Å². The van der Waals surface area contributed by atoms with Crippen molar-refractivity contribution in [3.63, 3.8) is 0 Å². The van der Waals surface area contributed by atoms with Crippen LogP contribution in [0.1, 0.15) is 0 Å². The molecule has 0 aliphatic heterocycles. The topological polar surface area (TPSA) is 70.0 Å². The van der Waals surface area contributed by atoms with Crippen LogP contribution >= 0.6 is 11.3 Å². The van der Waals surface area contributed by atoms with Crippen LogP contribution in [0.25, 0.3) is 0 Å². The minimum Gasteiger partial charge on any atom is -0.215 e. The van der Waals surface area contributed by atoms with E-state index in [4.69, 9.17) is 5.26 Å². The summed E-state index contributed by atoms with van der Waals surface area (Å²) in [7, 11) is -3.57. The molecule has 0 amide bonds. The number of rotatable bonds is 2. The molecule has 0 atom stereocenters. The van der Waals surface area contributed by atoms with E-state index in [9.17, 15) is 8.42 Å². The van der Waals surface area contributed by atoms with Crippen molar-refractivity contribution in [2.75, 3.05) is 0 Å². The van der Waals surface area contributed by atoms with Crippen molar-refractivity contribution < 1.29 is 8.42 Å². The maximum absolute atomic E-state index is 11.0. The van der Waals surface area contributed by atoms with Crippen LogP contribution in [-0.2, 0) is 10.0 Å². The van der Waals surface area contributed by atoms with Gasteiger partial charge in [0.1, 0.15) is 0 Å². The van der Waals surface area contributed by atoms with Gasteiger partial charge in [0.15, 0.2) is 6.19 Å². The highest BCUT2D eigenvalue weighted by Gasteiger charge is 2.11. The molecule has 1 aromatic heterocycles. The summed E-state index contributed by atoms with van der Waals surface area (Å²) in [5.41, 5.74) is 0. The standard InChI is InChI=1S/C5H4N2O2S2/c6-4-7-11(8,9)5-1-2-10-3-5/h1-3,7H. The van der Waals surface area contributed by atoms with Crippen LogP contribution in [0.2, 0.25) is 0 Å². The number of nitriles is 1. The van der Waals surface area contributed by atoms with Gasteiger partial charge in [0, 0.05) is 5.38 Å². The van der Waals surface area contributed by atoms with Gasteiger partial charge in [0.25, 0.3) is 10.0 Å². The summed E-state index contributed by atoms with van der Waals surface area (Å²) in [4.78, 5) is 0.129. The van der Waals surface area contributed by atoms with Crippen molar-refractivity contribution in [1.82, 2.24) is 4.72 Å². The van der Waals surface area contributed by atoms with Gasteiger partial charge in [-0.2, -0.15) is 16.6 Å². The summed E-state index contributed by atoms with van der Waals surface area (Å²) < 4.78 is 23.6. The lowest BCUT2D eigenvalue weighted by Crippen LogP contribution is -2.17. The van der Waals surface area contributed by atoms with Crippen LogP contribution in [0.3, 0.4) is 0 Å². The first-order valence-electron chi connectivity index (χ1n) is 2.60. The average Bonchev–Trinajstić information content (AvgIpc) is 2.37. The number of sulfonamides is 1. The van der Waals surface area contributed by atoms with Gasteiger partial charge < -0.3 is 0 Å². The molecule has 0 aliphatic carbocycles. The molecule has 0 saturated carbocycles. The van der Waals surface area contributed by atoms with Crippen LogP contribution < -0.4 is 4.72 Å². The van der Waals surface area contributed by atoms with E-state index in [1.165, 1.54) is 29.0 Å². The third kappa shape index (κ3) is 1.69. The molecule has 1 rings (SSSR count). The second-order valence-electron chi connectivity index (χ2n) is 1.68. The quantitative estimate of drug-likeness (QED) is 0.543. The first kappa shape index (κ1) is 8.04. The van der Waals surface area contributed by atoms with Gasteiger partial charge in [0.05, 0.1) is 4.90 Å². The first-order valence-corrected chi connectivity index (χ1v) is 5.02. The Balaban J connectivity index is 3.04. The van der Waals surface area contributed by atoms with E-state index in [2.05, 4.69) is 0 Å². The summed E-state index contributed by atoms with van der Waals surface area (Å²) >= 11 is 1.26. The molecule has 0 spiro atoms. The molecule has 0 saturated heterocycles. The van der Waals surface area contributed by atoms with E-state index >= 15 is 0 Å². The highest BCUT2D eigenvalue weighted by atomic mass is 32.2. The van der Waals surface area contributed by atoms with Crippen molar-refractivity contribution in [2.45, 2.75) is 4.90 Å². The van der Waals surface area contributed by atoms with E-state index < -0.39 is 10.0 Å². The summed E-state index contributed by atoms with van der Waals surface area (Å²) in [6, 6.07) is 1.43. The van der Waals surface area contributed by atoms with E-state index in [0.717, 1.165) is 0 Å². The number of hydrogen-bond donors (Lipinski definition) is 1. The molecule has 1 heterocycles. The van der Waals surface area contributed by atoms with Gasteiger partial charge in [-0.05, 0) is 11.4 Å². The Labute approximate surface area is 68.1 Å². The van der Waals surface area contributed by atoms with Gasteiger partial charge in [0.2, 0.25) is 0 Å². The Morgan fingerprint density at radius 1 is 1.64 bits per heavy atom. The zero-order valence-corrected chi connectivity index (χ0v) is 6.95. The normalized spacial score (nSPS) is 10.5. The SMILES string of the molecule is N#CNS(=O)(=O)c1ccsc1. The molecule has 1 N–H and O–H groups in total. The molecule has 4 nitrogen and oxygen atoms in total. The van der Waals surface area contributed by atoms with Gasteiger partial charge in [-0.15, -0.1) is 0 Å².